The predicted molar refractivity (Wildman–Crippen MR) is 138 cm³/mol. The fourth-order valence-corrected chi connectivity index (χ4v) is 4.33. The number of rotatable bonds is 8. The van der Waals surface area contributed by atoms with Gasteiger partial charge in [0.2, 0.25) is 5.95 Å². The maximum Gasteiger partial charge on any atom is 0.222 e. The Hall–Kier alpha value is -4.17. The summed E-state index contributed by atoms with van der Waals surface area (Å²) in [6, 6.07) is 23.6. The lowest BCUT2D eigenvalue weighted by molar-refractivity contribution is 0.180. The summed E-state index contributed by atoms with van der Waals surface area (Å²) in [7, 11) is 1.74. The summed E-state index contributed by atoms with van der Waals surface area (Å²) < 4.78 is 11.6. The number of benzene rings is 2. The molecule has 1 aliphatic rings. The predicted octanol–water partition coefficient (Wildman–Crippen LogP) is 5.27. The molecule has 0 radical (unpaired) electrons. The van der Waals surface area contributed by atoms with Gasteiger partial charge in [0.1, 0.15) is 23.1 Å². The molecule has 0 bridgehead atoms. The molecule has 178 valence electrons. The molecule has 5 rings (SSSR count). The van der Waals surface area contributed by atoms with Crippen LogP contribution in [0.3, 0.4) is 0 Å². The number of methoxy groups -OCH3 is 1. The molecule has 0 unspecified atom stereocenters. The molecular formula is C27H28N6O2. The van der Waals surface area contributed by atoms with Crippen molar-refractivity contribution < 1.29 is 9.47 Å². The lowest BCUT2D eigenvalue weighted by atomic mass is 10.1. The van der Waals surface area contributed by atoms with Gasteiger partial charge in [0.05, 0.1) is 18.3 Å². The number of nitrogens with zero attached hydrogens (tertiary/aromatic N) is 4. The number of pyridine rings is 1. The van der Waals surface area contributed by atoms with Crippen LogP contribution in [0.4, 0.5) is 23.3 Å². The first-order valence-electron chi connectivity index (χ1n) is 11.6. The zero-order valence-electron chi connectivity index (χ0n) is 19.6. The molecule has 8 nitrogen and oxygen atoms in total. The Bertz CT molecular complexity index is 1280. The molecule has 2 aromatic carbocycles. The monoisotopic (exact) mass is 468 g/mol. The number of nitrogens with two attached hydrogens (primary N) is 1. The van der Waals surface area contributed by atoms with E-state index in [2.05, 4.69) is 25.2 Å². The summed E-state index contributed by atoms with van der Waals surface area (Å²) in [5.74, 6) is 3.15. The van der Waals surface area contributed by atoms with Crippen LogP contribution in [0.15, 0.2) is 79.0 Å². The van der Waals surface area contributed by atoms with Crippen LogP contribution in [-0.4, -0.2) is 41.3 Å². The average molecular weight is 469 g/mol. The molecule has 1 aliphatic heterocycles. The molecule has 2 aromatic heterocycles. The van der Waals surface area contributed by atoms with Crippen molar-refractivity contribution in [1.82, 2.24) is 15.0 Å². The topological polar surface area (TPSA) is 98.4 Å². The molecular weight excluding hydrogens is 440 g/mol. The van der Waals surface area contributed by atoms with E-state index >= 15 is 0 Å². The number of anilines is 4. The van der Waals surface area contributed by atoms with Gasteiger partial charge in [-0.1, -0.05) is 36.4 Å². The molecule has 4 aromatic rings. The van der Waals surface area contributed by atoms with E-state index in [0.717, 1.165) is 47.9 Å². The Morgan fingerprint density at radius 1 is 1.00 bits per heavy atom. The maximum atomic E-state index is 6.17. The van der Waals surface area contributed by atoms with E-state index in [9.17, 15) is 0 Å². The number of nitrogen functional groups attached to an aromatic ring is 1. The molecule has 0 spiro atoms. The second-order valence-electron chi connectivity index (χ2n) is 8.41. The van der Waals surface area contributed by atoms with Gasteiger partial charge in [-0.2, -0.15) is 4.98 Å². The van der Waals surface area contributed by atoms with Crippen LogP contribution >= 0.6 is 0 Å². The maximum absolute atomic E-state index is 6.17. The van der Waals surface area contributed by atoms with Crippen molar-refractivity contribution in [3.8, 4) is 22.8 Å². The van der Waals surface area contributed by atoms with Gasteiger partial charge in [0.25, 0.3) is 0 Å². The van der Waals surface area contributed by atoms with Crippen LogP contribution < -0.4 is 20.7 Å². The van der Waals surface area contributed by atoms with E-state index in [0.29, 0.717) is 24.2 Å². The van der Waals surface area contributed by atoms with Gasteiger partial charge in [-0.15, -0.1) is 0 Å². The quantitative estimate of drug-likeness (QED) is 0.361. The number of nitrogens with one attached hydrogen (secondary N) is 1. The number of aromatic nitrogens is 3. The Kier molecular flexibility index (Phi) is 6.72. The average Bonchev–Trinajstić information content (AvgIpc) is 3.33. The highest BCUT2D eigenvalue weighted by Gasteiger charge is 2.25. The normalized spacial score (nSPS) is 15.2. The summed E-state index contributed by atoms with van der Waals surface area (Å²) in [6.45, 7) is 1.66. The smallest absolute Gasteiger partial charge is 0.222 e. The summed E-state index contributed by atoms with van der Waals surface area (Å²) in [5.41, 5.74) is 8.53. The first kappa shape index (κ1) is 22.6. The van der Waals surface area contributed by atoms with Crippen molar-refractivity contribution in [2.75, 3.05) is 36.2 Å². The van der Waals surface area contributed by atoms with Crippen LogP contribution in [0.5, 0.6) is 11.5 Å². The standard InChI is InChI=1S/C27H28N6O2/c1-34-18-21-10-6-14-33(21)26-16-23(12-13-29-26)35-22-11-5-9-20(15-22)30-25-17-24(31-27(28)32-25)19-7-3-2-4-8-19/h2-5,7-9,11-13,15-17,21H,6,10,14,18H2,1H3,(H3,28,30,31,32)/t21-/m0/s1. The lowest BCUT2D eigenvalue weighted by Crippen LogP contribution is -2.33. The van der Waals surface area contributed by atoms with Gasteiger partial charge >= 0.3 is 0 Å². The SMILES string of the molecule is COC[C@@H]1CCCN1c1cc(Oc2cccc(Nc3cc(-c4ccccc4)nc(N)n3)c2)ccn1. The van der Waals surface area contributed by atoms with Crippen molar-refractivity contribution in [3.05, 3.63) is 79.0 Å². The molecule has 3 heterocycles. The highest BCUT2D eigenvalue weighted by atomic mass is 16.5. The summed E-state index contributed by atoms with van der Waals surface area (Å²) in [5, 5.41) is 3.31. The van der Waals surface area contributed by atoms with Gasteiger partial charge in [0.15, 0.2) is 0 Å². The highest BCUT2D eigenvalue weighted by molar-refractivity contribution is 5.67. The fraction of sp³-hybridized carbons (Fsp3) is 0.222. The zero-order valence-corrected chi connectivity index (χ0v) is 19.6. The van der Waals surface area contributed by atoms with E-state index in [1.165, 1.54) is 0 Å². The Balaban J connectivity index is 1.32. The van der Waals surface area contributed by atoms with E-state index in [1.54, 1.807) is 13.3 Å². The van der Waals surface area contributed by atoms with Gasteiger partial charge in [0, 0.05) is 49.3 Å². The molecule has 3 N–H and O–H groups in total. The number of hydrogen-bond donors (Lipinski definition) is 2. The summed E-state index contributed by atoms with van der Waals surface area (Å²) in [4.78, 5) is 15.6. The second kappa shape index (κ2) is 10.4. The third kappa shape index (κ3) is 5.50. The fourth-order valence-electron chi connectivity index (χ4n) is 4.33. The second-order valence-corrected chi connectivity index (χ2v) is 8.41. The van der Waals surface area contributed by atoms with E-state index < -0.39 is 0 Å². The van der Waals surface area contributed by atoms with E-state index in [-0.39, 0.29) is 5.95 Å². The third-order valence-corrected chi connectivity index (χ3v) is 5.90. The van der Waals surface area contributed by atoms with Crippen LogP contribution in [0.2, 0.25) is 0 Å². The van der Waals surface area contributed by atoms with Crippen molar-refractivity contribution in [2.24, 2.45) is 0 Å². The van der Waals surface area contributed by atoms with Crippen LogP contribution in [0.1, 0.15) is 12.8 Å². The van der Waals surface area contributed by atoms with Crippen molar-refractivity contribution in [3.63, 3.8) is 0 Å². The molecule has 1 saturated heterocycles. The minimum atomic E-state index is 0.208. The molecule has 0 amide bonds. The van der Waals surface area contributed by atoms with E-state index in [4.69, 9.17) is 15.2 Å². The number of ether oxygens (including phenoxy) is 2. The first-order chi connectivity index (χ1) is 17.2. The van der Waals surface area contributed by atoms with Gasteiger partial charge in [-0.05, 0) is 31.0 Å². The first-order valence-corrected chi connectivity index (χ1v) is 11.6. The van der Waals surface area contributed by atoms with Gasteiger partial charge in [-0.3, -0.25) is 0 Å². The molecule has 8 heteroatoms. The number of hydrogen-bond acceptors (Lipinski definition) is 8. The summed E-state index contributed by atoms with van der Waals surface area (Å²) in [6.07, 6.45) is 4.02. The highest BCUT2D eigenvalue weighted by Crippen LogP contribution is 2.30. The minimum absolute atomic E-state index is 0.208. The molecule has 0 aliphatic carbocycles. The summed E-state index contributed by atoms with van der Waals surface area (Å²) >= 11 is 0. The van der Waals surface area contributed by atoms with Crippen LogP contribution in [0, 0.1) is 0 Å². The van der Waals surface area contributed by atoms with Crippen LogP contribution in [0.25, 0.3) is 11.3 Å². The van der Waals surface area contributed by atoms with Crippen LogP contribution in [-0.2, 0) is 4.74 Å². The van der Waals surface area contributed by atoms with E-state index in [1.807, 2.05) is 72.8 Å². The molecule has 0 saturated carbocycles. The van der Waals surface area contributed by atoms with Crippen molar-refractivity contribution in [1.29, 1.82) is 0 Å². The molecule has 1 fully saturated rings. The zero-order chi connectivity index (χ0) is 24.0. The Morgan fingerprint density at radius 3 is 2.71 bits per heavy atom. The Morgan fingerprint density at radius 2 is 1.86 bits per heavy atom. The third-order valence-electron chi connectivity index (χ3n) is 5.90. The van der Waals surface area contributed by atoms with Gasteiger partial charge in [-0.25, -0.2) is 9.97 Å². The van der Waals surface area contributed by atoms with Gasteiger partial charge < -0.3 is 25.4 Å². The lowest BCUT2D eigenvalue weighted by Gasteiger charge is -2.25. The molecule has 1 atom stereocenters. The van der Waals surface area contributed by atoms with Crippen molar-refractivity contribution >= 4 is 23.3 Å². The van der Waals surface area contributed by atoms with Crippen molar-refractivity contribution in [2.45, 2.75) is 18.9 Å². The molecule has 35 heavy (non-hydrogen) atoms. The minimum Gasteiger partial charge on any atom is -0.457 e. The largest absolute Gasteiger partial charge is 0.457 e. The Labute approximate surface area is 204 Å².